The first-order valence-electron chi connectivity index (χ1n) is 10.8. The second kappa shape index (κ2) is 9.82. The number of anilines is 2. The van der Waals surface area contributed by atoms with Gasteiger partial charge in [-0.05, 0) is 48.4 Å². The monoisotopic (exact) mass is 483 g/mol. The molecule has 0 saturated heterocycles. The molecule has 0 atom stereocenters. The van der Waals surface area contributed by atoms with Crippen LogP contribution in [0.1, 0.15) is 11.1 Å². The zero-order chi connectivity index (χ0) is 24.2. The predicted octanol–water partition coefficient (Wildman–Crippen LogP) is 4.15. The van der Waals surface area contributed by atoms with Gasteiger partial charge in [-0.15, -0.1) is 0 Å². The van der Waals surface area contributed by atoms with Crippen molar-refractivity contribution in [1.29, 1.82) is 0 Å². The molecule has 5 aromatic rings. The summed E-state index contributed by atoms with van der Waals surface area (Å²) in [6, 6.07) is 18.8. The van der Waals surface area contributed by atoms with E-state index >= 15 is 0 Å². The first-order chi connectivity index (χ1) is 17.0. The zero-order valence-electron chi connectivity index (χ0n) is 18.7. The highest BCUT2D eigenvalue weighted by Gasteiger charge is 2.11. The largest absolute Gasteiger partial charge is 0.324 e. The SMILES string of the molecule is Cc1ccc(-c2n[nH]c(-c3cccc(C[SH](=O)=O)c3)n2)cc1Nc1nccc(-c2cccnc2)n1. The first-order valence-corrected chi connectivity index (χ1v) is 12.2. The van der Waals surface area contributed by atoms with Gasteiger partial charge in [0.1, 0.15) is 10.7 Å². The van der Waals surface area contributed by atoms with Crippen molar-refractivity contribution < 1.29 is 8.42 Å². The van der Waals surface area contributed by atoms with Crippen molar-refractivity contribution >= 4 is 22.3 Å². The van der Waals surface area contributed by atoms with Crippen LogP contribution in [0.3, 0.4) is 0 Å². The summed E-state index contributed by atoms with van der Waals surface area (Å²) in [6.07, 6.45) is 5.18. The van der Waals surface area contributed by atoms with Crippen molar-refractivity contribution in [1.82, 2.24) is 30.1 Å². The molecule has 3 aromatic heterocycles. The Morgan fingerprint density at radius 1 is 0.914 bits per heavy atom. The topological polar surface area (TPSA) is 126 Å². The minimum Gasteiger partial charge on any atom is -0.324 e. The van der Waals surface area contributed by atoms with Crippen LogP contribution in [-0.2, 0) is 16.5 Å². The van der Waals surface area contributed by atoms with Gasteiger partial charge < -0.3 is 5.32 Å². The molecule has 0 aliphatic carbocycles. The number of hydrogen-bond donors (Lipinski definition) is 3. The Kier molecular flexibility index (Phi) is 6.27. The molecule has 0 unspecified atom stereocenters. The standard InChI is InChI=1S/C25H21N7O2S/c1-16-7-8-19(24-30-23(31-32-24)18-5-2-4-17(12-18)15-35(33)34)13-22(16)29-25-27-11-9-21(28-25)20-6-3-10-26-14-20/h2-14,35H,15H2,1H3,(H,27,28,29)(H,30,31,32). The first kappa shape index (κ1) is 22.4. The molecule has 0 spiro atoms. The molecule has 0 radical (unpaired) electrons. The molecule has 5 rings (SSSR count). The maximum atomic E-state index is 11.1. The highest BCUT2D eigenvalue weighted by atomic mass is 32.2. The van der Waals surface area contributed by atoms with Crippen LogP contribution in [0.2, 0.25) is 0 Å². The normalized spacial score (nSPS) is 11.0. The summed E-state index contributed by atoms with van der Waals surface area (Å²) in [5.41, 5.74) is 5.80. The zero-order valence-corrected chi connectivity index (χ0v) is 19.6. The number of benzene rings is 2. The highest BCUT2D eigenvalue weighted by molar-refractivity contribution is 7.71. The lowest BCUT2D eigenvalue weighted by atomic mass is 10.1. The fourth-order valence-corrected chi connectivity index (χ4v) is 4.09. The Labute approximate surface area is 203 Å². The molecule has 0 amide bonds. The van der Waals surface area contributed by atoms with Crippen molar-refractivity contribution in [3.63, 3.8) is 0 Å². The second-order valence-electron chi connectivity index (χ2n) is 7.86. The van der Waals surface area contributed by atoms with E-state index in [1.807, 2.05) is 49.4 Å². The molecule has 0 bridgehead atoms. The van der Waals surface area contributed by atoms with Crippen molar-refractivity contribution in [3.8, 4) is 34.0 Å². The van der Waals surface area contributed by atoms with Gasteiger partial charge in [0.25, 0.3) is 0 Å². The van der Waals surface area contributed by atoms with Gasteiger partial charge in [-0.3, -0.25) is 10.1 Å². The number of thiol groups is 1. The van der Waals surface area contributed by atoms with E-state index in [2.05, 4.69) is 35.5 Å². The number of nitrogens with zero attached hydrogens (tertiary/aromatic N) is 5. The molecule has 0 saturated carbocycles. The molecule has 2 aromatic carbocycles. The summed E-state index contributed by atoms with van der Waals surface area (Å²) in [5, 5.41) is 10.6. The number of aromatic amines is 1. The second-order valence-corrected chi connectivity index (χ2v) is 8.84. The minimum atomic E-state index is -2.50. The van der Waals surface area contributed by atoms with Crippen LogP contribution >= 0.6 is 0 Å². The molecule has 3 heterocycles. The number of aromatic nitrogens is 6. The number of hydrogen-bond acceptors (Lipinski definition) is 8. The van der Waals surface area contributed by atoms with Gasteiger partial charge in [-0.2, -0.15) is 5.10 Å². The third-order valence-corrected chi connectivity index (χ3v) is 5.98. The Bertz CT molecular complexity index is 1560. The van der Waals surface area contributed by atoms with E-state index in [9.17, 15) is 8.42 Å². The number of nitrogens with one attached hydrogen (secondary N) is 2. The van der Waals surface area contributed by atoms with E-state index in [1.54, 1.807) is 36.8 Å². The molecule has 10 heteroatoms. The molecule has 0 aliphatic heterocycles. The van der Waals surface area contributed by atoms with Crippen molar-refractivity contribution in [2.45, 2.75) is 12.7 Å². The molecule has 0 fully saturated rings. The van der Waals surface area contributed by atoms with Crippen molar-refractivity contribution in [2.24, 2.45) is 0 Å². The fraction of sp³-hybridized carbons (Fsp3) is 0.0800. The predicted molar refractivity (Wildman–Crippen MR) is 135 cm³/mol. The third kappa shape index (κ3) is 5.22. The summed E-state index contributed by atoms with van der Waals surface area (Å²) in [7, 11) is -2.50. The van der Waals surface area contributed by atoms with E-state index in [0.29, 0.717) is 23.2 Å². The summed E-state index contributed by atoms with van der Waals surface area (Å²) >= 11 is 0. The lowest BCUT2D eigenvalue weighted by Gasteiger charge is -2.10. The average Bonchev–Trinajstić information content (AvgIpc) is 3.36. The van der Waals surface area contributed by atoms with Gasteiger partial charge in [-0.1, -0.05) is 30.3 Å². The lowest BCUT2D eigenvalue weighted by molar-refractivity contribution is 0.614. The summed E-state index contributed by atoms with van der Waals surface area (Å²) in [4.78, 5) is 17.7. The van der Waals surface area contributed by atoms with Crippen LogP contribution in [0.5, 0.6) is 0 Å². The molecule has 174 valence electrons. The number of rotatable bonds is 7. The van der Waals surface area contributed by atoms with Crippen LogP contribution < -0.4 is 5.32 Å². The molecular formula is C25H21N7O2S. The molecule has 9 nitrogen and oxygen atoms in total. The molecule has 0 aliphatic rings. The van der Waals surface area contributed by atoms with Crippen LogP contribution in [0.4, 0.5) is 11.6 Å². The Balaban J connectivity index is 1.41. The van der Waals surface area contributed by atoms with Gasteiger partial charge in [-0.25, -0.2) is 23.4 Å². The number of H-pyrrole nitrogens is 1. The van der Waals surface area contributed by atoms with Gasteiger partial charge >= 0.3 is 0 Å². The third-order valence-electron chi connectivity index (χ3n) is 5.35. The Hall–Kier alpha value is -4.44. The van der Waals surface area contributed by atoms with E-state index < -0.39 is 10.7 Å². The maximum Gasteiger partial charge on any atom is 0.227 e. The molecule has 35 heavy (non-hydrogen) atoms. The quantitative estimate of drug-likeness (QED) is 0.295. The maximum absolute atomic E-state index is 11.1. The van der Waals surface area contributed by atoms with Crippen LogP contribution in [0.25, 0.3) is 34.0 Å². The molecular weight excluding hydrogens is 462 g/mol. The van der Waals surface area contributed by atoms with Gasteiger partial charge in [0.05, 0.1) is 11.4 Å². The fourth-order valence-electron chi connectivity index (χ4n) is 3.60. The van der Waals surface area contributed by atoms with E-state index in [0.717, 1.165) is 33.6 Å². The van der Waals surface area contributed by atoms with Gasteiger partial charge in [0.2, 0.25) is 5.95 Å². The van der Waals surface area contributed by atoms with E-state index in [1.165, 1.54) is 0 Å². The summed E-state index contributed by atoms with van der Waals surface area (Å²) in [5.74, 6) is 1.54. The summed E-state index contributed by atoms with van der Waals surface area (Å²) in [6.45, 7) is 1.99. The Morgan fingerprint density at radius 2 is 1.80 bits per heavy atom. The van der Waals surface area contributed by atoms with Crippen molar-refractivity contribution in [2.75, 3.05) is 5.32 Å². The van der Waals surface area contributed by atoms with Crippen LogP contribution in [-0.4, -0.2) is 38.6 Å². The van der Waals surface area contributed by atoms with Crippen molar-refractivity contribution in [3.05, 3.63) is 90.4 Å². The van der Waals surface area contributed by atoms with Crippen LogP contribution in [0.15, 0.2) is 79.3 Å². The molecule has 2 N–H and O–H groups in total. The highest BCUT2D eigenvalue weighted by Crippen LogP contribution is 2.27. The van der Waals surface area contributed by atoms with E-state index in [-0.39, 0.29) is 5.75 Å². The Morgan fingerprint density at radius 3 is 2.63 bits per heavy atom. The van der Waals surface area contributed by atoms with Crippen LogP contribution in [0, 0.1) is 6.92 Å². The lowest BCUT2D eigenvalue weighted by Crippen LogP contribution is -2.00. The number of aryl methyl sites for hydroxylation is 1. The van der Waals surface area contributed by atoms with Gasteiger partial charge in [0, 0.05) is 41.0 Å². The number of pyridine rings is 1. The van der Waals surface area contributed by atoms with E-state index in [4.69, 9.17) is 0 Å². The summed E-state index contributed by atoms with van der Waals surface area (Å²) < 4.78 is 22.1. The smallest absolute Gasteiger partial charge is 0.227 e. The average molecular weight is 484 g/mol. The van der Waals surface area contributed by atoms with Gasteiger partial charge in [0.15, 0.2) is 11.6 Å². The minimum absolute atomic E-state index is 0.0127.